The molecule has 1 atom stereocenters. The summed E-state index contributed by atoms with van der Waals surface area (Å²) in [5.41, 5.74) is 5.07. The lowest BCUT2D eigenvalue weighted by molar-refractivity contribution is -0.119. The van der Waals surface area contributed by atoms with Crippen LogP contribution in [-0.4, -0.2) is 34.5 Å². The first-order valence-corrected chi connectivity index (χ1v) is 12.1. The molecule has 170 valence electrons. The number of rotatable bonds is 5. The van der Waals surface area contributed by atoms with Crippen molar-refractivity contribution in [1.29, 1.82) is 0 Å². The molecule has 3 aromatic rings. The van der Waals surface area contributed by atoms with Gasteiger partial charge in [0.15, 0.2) is 0 Å². The fourth-order valence-corrected chi connectivity index (χ4v) is 6.05. The van der Waals surface area contributed by atoms with Crippen LogP contribution in [-0.2, 0) is 24.2 Å². The molecule has 7 heteroatoms. The minimum atomic E-state index is -0.673. The summed E-state index contributed by atoms with van der Waals surface area (Å²) in [5, 5.41) is 3.80. The molecule has 0 saturated heterocycles. The van der Waals surface area contributed by atoms with E-state index in [1.165, 1.54) is 4.88 Å². The highest BCUT2D eigenvalue weighted by atomic mass is 32.1. The van der Waals surface area contributed by atoms with E-state index in [9.17, 15) is 9.59 Å². The fourth-order valence-electron chi connectivity index (χ4n) is 4.78. The Balaban J connectivity index is 1.80. The number of aromatic nitrogens is 2. The zero-order valence-corrected chi connectivity index (χ0v) is 20.7. The van der Waals surface area contributed by atoms with Gasteiger partial charge >= 0.3 is 0 Å². The second-order valence-electron chi connectivity index (χ2n) is 9.27. The van der Waals surface area contributed by atoms with Gasteiger partial charge in [0.05, 0.1) is 11.9 Å². The van der Waals surface area contributed by atoms with Gasteiger partial charge in [0.25, 0.3) is 5.56 Å². The van der Waals surface area contributed by atoms with Crippen molar-refractivity contribution in [3.05, 3.63) is 55.4 Å². The Bertz CT molecular complexity index is 1230. The molecule has 0 aliphatic heterocycles. The van der Waals surface area contributed by atoms with Crippen LogP contribution in [0.1, 0.15) is 58.8 Å². The predicted octanol–water partition coefficient (Wildman–Crippen LogP) is 4.52. The van der Waals surface area contributed by atoms with Crippen LogP contribution in [0.3, 0.4) is 0 Å². The Morgan fingerprint density at radius 2 is 1.84 bits per heavy atom. The van der Waals surface area contributed by atoms with Gasteiger partial charge in [0, 0.05) is 10.6 Å². The molecule has 1 unspecified atom stereocenters. The molecule has 0 saturated carbocycles. The third-order valence-corrected chi connectivity index (χ3v) is 7.43. The molecule has 2 heterocycles. The largest absolute Gasteiger partial charge is 0.324 e. The summed E-state index contributed by atoms with van der Waals surface area (Å²) >= 11 is 1.65. The number of hydrogen-bond acceptors (Lipinski definition) is 5. The summed E-state index contributed by atoms with van der Waals surface area (Å²) in [6.07, 6.45) is 4.19. The van der Waals surface area contributed by atoms with Gasteiger partial charge in [-0.2, -0.15) is 0 Å². The van der Waals surface area contributed by atoms with Gasteiger partial charge in [-0.3, -0.25) is 14.2 Å². The van der Waals surface area contributed by atoms with Crippen LogP contribution in [0.25, 0.3) is 10.2 Å². The number of thiophene rings is 1. The number of aryl methyl sites for hydroxylation is 5. The summed E-state index contributed by atoms with van der Waals surface area (Å²) in [7, 11) is 3.90. The van der Waals surface area contributed by atoms with Gasteiger partial charge in [-0.25, -0.2) is 4.98 Å². The monoisotopic (exact) mass is 452 g/mol. The summed E-state index contributed by atoms with van der Waals surface area (Å²) in [5.74, 6) is 0.429. The molecule has 0 spiro atoms. The lowest BCUT2D eigenvalue weighted by Gasteiger charge is -2.22. The molecule has 1 aliphatic rings. The second kappa shape index (κ2) is 8.79. The first kappa shape index (κ1) is 22.7. The third-order valence-electron chi connectivity index (χ3n) is 6.24. The zero-order valence-electron chi connectivity index (χ0n) is 19.8. The Kier molecular flexibility index (Phi) is 6.23. The molecule has 0 fully saturated rings. The number of carbonyl (C=O) groups is 1. The van der Waals surface area contributed by atoms with Crippen LogP contribution in [0.2, 0.25) is 0 Å². The predicted molar refractivity (Wildman–Crippen MR) is 132 cm³/mol. The van der Waals surface area contributed by atoms with E-state index in [2.05, 4.69) is 17.4 Å². The van der Waals surface area contributed by atoms with Crippen molar-refractivity contribution >= 4 is 33.1 Å². The van der Waals surface area contributed by atoms with E-state index in [1.807, 2.05) is 39.8 Å². The number of nitrogens with zero attached hydrogens (tertiary/aromatic N) is 3. The van der Waals surface area contributed by atoms with Gasteiger partial charge < -0.3 is 10.2 Å². The lowest BCUT2D eigenvalue weighted by atomic mass is 9.97. The van der Waals surface area contributed by atoms with E-state index >= 15 is 0 Å². The molecular formula is C25H32N4O2S. The minimum Gasteiger partial charge on any atom is -0.324 e. The molecule has 1 amide bonds. The normalized spacial score (nSPS) is 14.6. The lowest BCUT2D eigenvalue weighted by Crippen LogP contribution is -2.36. The van der Waals surface area contributed by atoms with Crippen LogP contribution >= 0.6 is 11.3 Å². The van der Waals surface area contributed by atoms with Crippen molar-refractivity contribution in [2.45, 2.75) is 66.0 Å². The van der Waals surface area contributed by atoms with Gasteiger partial charge in [0.1, 0.15) is 16.7 Å². The van der Waals surface area contributed by atoms with Crippen LogP contribution < -0.4 is 10.9 Å². The van der Waals surface area contributed by atoms with Crippen molar-refractivity contribution in [2.24, 2.45) is 0 Å². The van der Waals surface area contributed by atoms with Crippen LogP contribution in [0, 0.1) is 20.8 Å². The van der Waals surface area contributed by atoms with Gasteiger partial charge in [-0.1, -0.05) is 17.7 Å². The standard InChI is InChI=1S/C25H32N4O2S/c1-14-11-15(2)22(16(3)12-14)27-23(30)17(4)29-20(13-28(5)6)26-24-21(25(29)31)18-9-7-8-10-19(18)32-24/h11-12,17H,7-10,13H2,1-6H3,(H,27,30). The van der Waals surface area contributed by atoms with Crippen LogP contribution in [0.5, 0.6) is 0 Å². The van der Waals surface area contributed by atoms with Crippen molar-refractivity contribution in [2.75, 3.05) is 19.4 Å². The maximum Gasteiger partial charge on any atom is 0.263 e. The minimum absolute atomic E-state index is 0.0914. The molecule has 2 aromatic heterocycles. The van der Waals surface area contributed by atoms with Gasteiger partial charge in [0.2, 0.25) is 5.91 Å². The molecule has 0 radical (unpaired) electrons. The fraction of sp³-hybridized carbons (Fsp3) is 0.480. The molecule has 1 aromatic carbocycles. The average Bonchev–Trinajstić information content (AvgIpc) is 3.08. The number of hydrogen-bond donors (Lipinski definition) is 1. The summed E-state index contributed by atoms with van der Waals surface area (Å²) in [6, 6.07) is 3.44. The van der Waals surface area contributed by atoms with E-state index in [0.717, 1.165) is 63.8 Å². The molecule has 32 heavy (non-hydrogen) atoms. The number of fused-ring (bicyclic) bond motifs is 3. The first-order chi connectivity index (χ1) is 15.2. The smallest absolute Gasteiger partial charge is 0.263 e. The van der Waals surface area contributed by atoms with E-state index in [0.29, 0.717) is 12.4 Å². The SMILES string of the molecule is Cc1cc(C)c(NC(=O)C(C)n2c(CN(C)C)nc3sc4c(c3c2=O)CCCC4)c(C)c1. The number of anilines is 1. The molecule has 6 nitrogen and oxygen atoms in total. The Morgan fingerprint density at radius 1 is 1.19 bits per heavy atom. The second-order valence-corrected chi connectivity index (χ2v) is 10.4. The highest BCUT2D eigenvalue weighted by Gasteiger charge is 2.27. The average molecular weight is 453 g/mol. The van der Waals surface area contributed by atoms with Crippen LogP contribution in [0.15, 0.2) is 16.9 Å². The zero-order chi connectivity index (χ0) is 23.2. The van der Waals surface area contributed by atoms with Crippen molar-refractivity contribution < 1.29 is 4.79 Å². The molecule has 4 rings (SSSR count). The van der Waals surface area contributed by atoms with E-state index in [4.69, 9.17) is 4.98 Å². The van der Waals surface area contributed by atoms with E-state index < -0.39 is 6.04 Å². The molecular weight excluding hydrogens is 420 g/mol. The summed E-state index contributed by atoms with van der Waals surface area (Å²) in [6.45, 7) is 8.32. The Labute approximate surface area is 193 Å². The Morgan fingerprint density at radius 3 is 2.50 bits per heavy atom. The maximum absolute atomic E-state index is 13.8. The first-order valence-electron chi connectivity index (χ1n) is 11.3. The number of amides is 1. The molecule has 1 aliphatic carbocycles. The maximum atomic E-state index is 13.8. The van der Waals surface area contributed by atoms with Crippen molar-refractivity contribution in [3.63, 3.8) is 0 Å². The van der Waals surface area contributed by atoms with E-state index in [1.54, 1.807) is 22.8 Å². The van der Waals surface area contributed by atoms with Gasteiger partial charge in [-0.15, -0.1) is 11.3 Å². The number of benzene rings is 1. The quantitative estimate of drug-likeness (QED) is 0.618. The summed E-state index contributed by atoms with van der Waals surface area (Å²) in [4.78, 5) is 36.1. The van der Waals surface area contributed by atoms with Gasteiger partial charge in [-0.05, 0) is 84.2 Å². The molecule has 1 N–H and O–H groups in total. The number of carbonyl (C=O) groups excluding carboxylic acids is 1. The summed E-state index contributed by atoms with van der Waals surface area (Å²) < 4.78 is 1.61. The van der Waals surface area contributed by atoms with E-state index in [-0.39, 0.29) is 11.5 Å². The van der Waals surface area contributed by atoms with Crippen LogP contribution in [0.4, 0.5) is 5.69 Å². The highest BCUT2D eigenvalue weighted by Crippen LogP contribution is 2.34. The van der Waals surface area contributed by atoms with Crippen molar-refractivity contribution in [1.82, 2.24) is 14.5 Å². The van der Waals surface area contributed by atoms with Crippen molar-refractivity contribution in [3.8, 4) is 0 Å². The Hall–Kier alpha value is -2.51. The number of nitrogens with one attached hydrogen (secondary N) is 1. The third kappa shape index (κ3) is 4.11. The molecule has 0 bridgehead atoms. The highest BCUT2D eigenvalue weighted by molar-refractivity contribution is 7.18. The topological polar surface area (TPSA) is 67.2 Å².